The minimum atomic E-state index is -6.89. The van der Waals surface area contributed by atoms with Crippen LogP contribution in [0.2, 0.25) is 0 Å². The normalized spacial score (nSPS) is 14.9. The smallest absolute Gasteiger partial charge is 0.258 e. The SMILES string of the molecule is CS(C)(Cc1cccc([N+](=O)[O-])c1)OS(=O)(=O)C(F)(F)C(F)(F)C(F)(F)F. The molecule has 15 heteroatoms. The maximum absolute atomic E-state index is 13.5. The number of benzene rings is 1. The van der Waals surface area contributed by atoms with Crippen LogP contribution in [0.1, 0.15) is 5.56 Å². The summed E-state index contributed by atoms with van der Waals surface area (Å²) in [5.41, 5.74) is -0.398. The van der Waals surface area contributed by atoms with E-state index < -0.39 is 54.1 Å². The van der Waals surface area contributed by atoms with Crippen molar-refractivity contribution in [3.05, 3.63) is 39.9 Å². The molecule has 0 aliphatic rings. The van der Waals surface area contributed by atoms with Gasteiger partial charge in [-0.05, 0) is 18.1 Å². The molecule has 0 spiro atoms. The van der Waals surface area contributed by atoms with Gasteiger partial charge in [0, 0.05) is 17.9 Å². The summed E-state index contributed by atoms with van der Waals surface area (Å²) in [4.78, 5) is 9.88. The monoisotopic (exact) mass is 447 g/mol. The summed E-state index contributed by atoms with van der Waals surface area (Å²) in [5, 5.41) is 4.10. The van der Waals surface area contributed by atoms with Crippen LogP contribution in [0.15, 0.2) is 24.3 Å². The van der Waals surface area contributed by atoms with E-state index in [1.54, 1.807) is 0 Å². The number of hydrogen-bond donors (Lipinski definition) is 0. The Morgan fingerprint density at radius 3 is 2.04 bits per heavy atom. The van der Waals surface area contributed by atoms with Gasteiger partial charge in [0.1, 0.15) is 0 Å². The Balaban J connectivity index is 3.16. The average Bonchev–Trinajstić information content (AvgIpc) is 2.44. The van der Waals surface area contributed by atoms with Gasteiger partial charge in [-0.2, -0.15) is 39.2 Å². The molecule has 0 fully saturated rings. The molecule has 0 bridgehead atoms. The van der Waals surface area contributed by atoms with Gasteiger partial charge in [0.2, 0.25) is 0 Å². The molecule has 0 aliphatic heterocycles. The number of alkyl halides is 7. The Bertz CT molecular complexity index is 824. The van der Waals surface area contributed by atoms with Gasteiger partial charge in [-0.15, -0.1) is 10.3 Å². The van der Waals surface area contributed by atoms with Gasteiger partial charge in [-0.25, -0.2) is 3.63 Å². The maximum Gasteiger partial charge on any atom is 0.461 e. The quantitative estimate of drug-likeness (QED) is 0.355. The van der Waals surface area contributed by atoms with Crippen molar-refractivity contribution in [1.82, 2.24) is 0 Å². The summed E-state index contributed by atoms with van der Waals surface area (Å²) in [6.07, 6.45) is -5.02. The third-order valence-electron chi connectivity index (χ3n) is 2.94. The number of nitrogens with zero attached hydrogens (tertiary/aromatic N) is 1. The largest absolute Gasteiger partial charge is 0.461 e. The highest BCUT2D eigenvalue weighted by atomic mass is 32.3. The first-order valence-electron chi connectivity index (χ1n) is 6.56. The van der Waals surface area contributed by atoms with Crippen LogP contribution in [0.5, 0.6) is 0 Å². The Hall–Kier alpha value is -1.61. The van der Waals surface area contributed by atoms with E-state index in [-0.39, 0.29) is 5.56 Å². The number of nitro benzene ring substituents is 1. The van der Waals surface area contributed by atoms with Crippen LogP contribution in [-0.4, -0.2) is 43.2 Å². The first-order chi connectivity index (χ1) is 11.8. The lowest BCUT2D eigenvalue weighted by Gasteiger charge is -2.34. The molecular formula is C12H12F7NO5S2. The molecule has 0 unspecified atom stereocenters. The minimum Gasteiger partial charge on any atom is -0.258 e. The first-order valence-corrected chi connectivity index (χ1v) is 10.5. The van der Waals surface area contributed by atoms with Crippen LogP contribution >= 0.6 is 10.3 Å². The standard InChI is InChI=1S/C12H12F7NO5S2/c1-26(2,7-8-4-3-5-9(6-8)20(21)22)25-27(23,24)12(18,19)10(13,14)11(15,16)17/h3-6H,7H2,1-2H3. The summed E-state index contributed by atoms with van der Waals surface area (Å²) in [5.74, 6) is -7.43. The van der Waals surface area contributed by atoms with Crippen molar-refractivity contribution >= 4 is 26.1 Å². The highest BCUT2D eigenvalue weighted by Gasteiger charge is 2.79. The van der Waals surface area contributed by atoms with Crippen molar-refractivity contribution in [3.8, 4) is 0 Å². The van der Waals surface area contributed by atoms with E-state index in [4.69, 9.17) is 0 Å². The summed E-state index contributed by atoms with van der Waals surface area (Å²) < 4.78 is 116. The molecule has 0 radical (unpaired) electrons. The van der Waals surface area contributed by atoms with Gasteiger partial charge in [0.25, 0.3) is 5.69 Å². The first kappa shape index (κ1) is 23.4. The predicted molar refractivity (Wildman–Crippen MR) is 82.2 cm³/mol. The van der Waals surface area contributed by atoms with Crippen LogP contribution in [0.25, 0.3) is 0 Å². The molecule has 156 valence electrons. The zero-order valence-electron chi connectivity index (χ0n) is 13.5. The van der Waals surface area contributed by atoms with E-state index >= 15 is 0 Å². The average molecular weight is 447 g/mol. The molecule has 1 aromatic rings. The molecule has 6 nitrogen and oxygen atoms in total. The zero-order chi connectivity index (χ0) is 21.5. The van der Waals surface area contributed by atoms with Crippen molar-refractivity contribution < 1.29 is 47.7 Å². The summed E-state index contributed by atoms with van der Waals surface area (Å²) in [6.45, 7) is 0. The fraction of sp³-hybridized carbons (Fsp3) is 0.500. The highest BCUT2D eigenvalue weighted by Crippen LogP contribution is 2.54. The molecule has 1 rings (SSSR count). The van der Waals surface area contributed by atoms with Gasteiger partial charge in [0.15, 0.2) is 0 Å². The number of nitro groups is 1. The Morgan fingerprint density at radius 2 is 1.59 bits per heavy atom. The summed E-state index contributed by atoms with van der Waals surface area (Å²) in [6, 6.07) is 4.44. The van der Waals surface area contributed by atoms with Crippen molar-refractivity contribution in [3.63, 3.8) is 0 Å². The molecule has 0 saturated heterocycles. The molecule has 0 aromatic heterocycles. The Kier molecular flexibility index (Phi) is 6.15. The second kappa shape index (κ2) is 7.09. The second-order valence-corrected chi connectivity index (χ2v) is 10.7. The molecule has 0 heterocycles. The molecule has 0 atom stereocenters. The van der Waals surface area contributed by atoms with E-state index in [0.29, 0.717) is 0 Å². The van der Waals surface area contributed by atoms with Gasteiger partial charge in [-0.3, -0.25) is 10.1 Å². The maximum atomic E-state index is 13.5. The van der Waals surface area contributed by atoms with E-state index in [9.17, 15) is 49.3 Å². The van der Waals surface area contributed by atoms with Gasteiger partial charge in [-0.1, -0.05) is 12.1 Å². The van der Waals surface area contributed by atoms with Crippen molar-refractivity contribution in [2.75, 3.05) is 12.5 Å². The Labute approximate surface area is 150 Å². The zero-order valence-corrected chi connectivity index (χ0v) is 15.1. The van der Waals surface area contributed by atoms with Gasteiger partial charge >= 0.3 is 27.5 Å². The number of non-ortho nitro benzene ring substituents is 1. The van der Waals surface area contributed by atoms with Gasteiger partial charge in [0.05, 0.1) is 4.92 Å². The topological polar surface area (TPSA) is 86.5 Å². The van der Waals surface area contributed by atoms with Crippen molar-refractivity contribution in [1.29, 1.82) is 0 Å². The third-order valence-corrected chi connectivity index (χ3v) is 7.05. The van der Waals surface area contributed by atoms with E-state index in [1.807, 2.05) is 0 Å². The molecule has 0 amide bonds. The van der Waals surface area contributed by atoms with E-state index in [1.165, 1.54) is 12.1 Å². The lowest BCUT2D eigenvalue weighted by Crippen LogP contribution is -2.56. The Morgan fingerprint density at radius 1 is 1.07 bits per heavy atom. The van der Waals surface area contributed by atoms with E-state index in [2.05, 4.69) is 3.63 Å². The van der Waals surface area contributed by atoms with Gasteiger partial charge < -0.3 is 0 Å². The minimum absolute atomic E-state index is 0.0327. The van der Waals surface area contributed by atoms with Crippen LogP contribution in [0.4, 0.5) is 36.4 Å². The molecular weight excluding hydrogens is 435 g/mol. The summed E-state index contributed by atoms with van der Waals surface area (Å²) in [7, 11) is -9.92. The molecule has 0 saturated carbocycles. The number of rotatable bonds is 7. The lowest BCUT2D eigenvalue weighted by atomic mass is 10.2. The van der Waals surface area contributed by atoms with Crippen molar-refractivity contribution in [2.24, 2.45) is 0 Å². The second-order valence-electron chi connectivity index (χ2n) is 5.62. The van der Waals surface area contributed by atoms with Crippen LogP contribution in [0, 0.1) is 10.1 Å². The fourth-order valence-corrected chi connectivity index (χ4v) is 5.68. The van der Waals surface area contributed by atoms with Crippen molar-refractivity contribution in [2.45, 2.75) is 23.1 Å². The number of halogens is 7. The molecule has 0 aliphatic carbocycles. The molecule has 1 aromatic carbocycles. The highest BCUT2D eigenvalue weighted by molar-refractivity contribution is 8.31. The van der Waals surface area contributed by atoms with Crippen LogP contribution < -0.4 is 0 Å². The van der Waals surface area contributed by atoms with Crippen LogP contribution in [-0.2, 0) is 19.5 Å². The fourth-order valence-electron chi connectivity index (χ4n) is 1.79. The lowest BCUT2D eigenvalue weighted by molar-refractivity contribution is -0.384. The summed E-state index contributed by atoms with van der Waals surface area (Å²) >= 11 is 0. The predicted octanol–water partition coefficient (Wildman–Crippen LogP) is 4.21. The molecule has 0 N–H and O–H groups in total. The third kappa shape index (κ3) is 4.82. The molecule has 27 heavy (non-hydrogen) atoms. The van der Waals surface area contributed by atoms with E-state index in [0.717, 1.165) is 24.6 Å². The van der Waals surface area contributed by atoms with Crippen LogP contribution in [0.3, 0.4) is 0 Å². The number of hydrogen-bond acceptors (Lipinski definition) is 5.